The third-order valence-electron chi connectivity index (χ3n) is 10.5. The second-order valence-corrected chi connectivity index (χ2v) is 13.2. The number of hydrogen-bond acceptors (Lipinski definition) is 4. The Balaban J connectivity index is 1.38. The first kappa shape index (κ1) is 28.1. The molecule has 0 aromatic heterocycles. The fraction of sp³-hybridized carbons (Fsp3) is 0.317. The summed E-state index contributed by atoms with van der Waals surface area (Å²) in [7, 11) is 6.01. The molecule has 5 aromatic rings. The lowest BCUT2D eigenvalue weighted by Crippen LogP contribution is -2.41. The van der Waals surface area contributed by atoms with Crippen LogP contribution in [0.3, 0.4) is 0 Å². The molecule has 4 heteroatoms. The van der Waals surface area contributed by atoms with Gasteiger partial charge in [0.25, 0.3) is 0 Å². The number of ether oxygens (including phenoxy) is 2. The molecule has 0 bridgehead atoms. The third kappa shape index (κ3) is 4.48. The minimum Gasteiger partial charge on any atom is -0.496 e. The monoisotopic (exact) mass is 594 g/mol. The van der Waals surface area contributed by atoms with Crippen LogP contribution in [0, 0.1) is 0 Å². The zero-order valence-corrected chi connectivity index (χ0v) is 26.7. The zero-order chi connectivity index (χ0) is 30.5. The zero-order valence-electron chi connectivity index (χ0n) is 26.7. The number of benzene rings is 5. The van der Waals surface area contributed by atoms with Gasteiger partial charge in [0.2, 0.25) is 0 Å². The molecule has 0 radical (unpaired) electrons. The molecule has 1 saturated heterocycles. The van der Waals surface area contributed by atoms with Crippen molar-refractivity contribution in [3.05, 3.63) is 113 Å². The molecule has 0 spiro atoms. The highest BCUT2D eigenvalue weighted by Crippen LogP contribution is 2.52. The summed E-state index contributed by atoms with van der Waals surface area (Å²) in [5, 5.41) is 4.96. The Morgan fingerprint density at radius 1 is 0.800 bits per heavy atom. The van der Waals surface area contributed by atoms with Crippen molar-refractivity contribution in [1.29, 1.82) is 0 Å². The number of rotatable bonds is 5. The van der Waals surface area contributed by atoms with Gasteiger partial charge in [0.15, 0.2) is 0 Å². The Morgan fingerprint density at radius 3 is 2.33 bits per heavy atom. The van der Waals surface area contributed by atoms with Crippen LogP contribution in [0.4, 0.5) is 11.4 Å². The summed E-state index contributed by atoms with van der Waals surface area (Å²) in [6.07, 6.45) is 11.5. The summed E-state index contributed by atoms with van der Waals surface area (Å²) in [5.74, 6) is 1.97. The Bertz CT molecular complexity index is 1920. The predicted octanol–water partition coefficient (Wildman–Crippen LogP) is 8.94. The second kappa shape index (κ2) is 11.2. The molecule has 228 valence electrons. The topological polar surface area (TPSA) is 24.9 Å². The van der Waals surface area contributed by atoms with Crippen LogP contribution in [-0.2, 0) is 18.3 Å². The van der Waals surface area contributed by atoms with E-state index in [4.69, 9.17) is 9.47 Å². The number of piperidine rings is 1. The molecule has 3 aliphatic rings. The van der Waals surface area contributed by atoms with Crippen molar-refractivity contribution in [3.8, 4) is 11.5 Å². The summed E-state index contributed by atoms with van der Waals surface area (Å²) in [5.41, 5.74) is 8.96. The fourth-order valence-electron chi connectivity index (χ4n) is 8.24. The maximum atomic E-state index is 7.10. The molecule has 0 saturated carbocycles. The van der Waals surface area contributed by atoms with Gasteiger partial charge in [-0.15, -0.1) is 0 Å². The van der Waals surface area contributed by atoms with Crippen molar-refractivity contribution in [2.24, 2.45) is 0 Å². The van der Waals surface area contributed by atoms with Gasteiger partial charge in [-0.25, -0.2) is 0 Å². The SMILES string of the molecule is COc1cc2c3c(c4c(c2c2cccc(N5CCCCC5)c12)C=CCC4)CC(c1ccccc1)(c1ccc(N(C)C)cc1)CO3. The fourth-order valence-corrected chi connectivity index (χ4v) is 8.24. The van der Waals surface area contributed by atoms with E-state index in [1.165, 1.54) is 80.0 Å². The minimum atomic E-state index is -0.288. The van der Waals surface area contributed by atoms with E-state index in [0.717, 1.165) is 43.9 Å². The standard InChI is InChI=1S/C41H42N2O2/c1-42(2)30-21-19-29(20-22-30)41(28-13-6-4-7-14-28)26-35-31-15-8-9-16-32(31)38-33-17-12-18-36(43-23-10-5-11-24-43)39(33)37(44-3)25-34(38)40(35)45-27-41/h4,6-7,9,12-14,16-22,25H,5,8,10-11,15,23-24,26-27H2,1-3H3. The number of methoxy groups -OCH3 is 1. The average Bonchev–Trinajstić information content (AvgIpc) is 3.11. The molecular weight excluding hydrogens is 552 g/mol. The van der Waals surface area contributed by atoms with Crippen LogP contribution in [0.15, 0.2) is 84.9 Å². The summed E-state index contributed by atoms with van der Waals surface area (Å²) < 4.78 is 13.3. The second-order valence-electron chi connectivity index (χ2n) is 13.2. The van der Waals surface area contributed by atoms with Gasteiger partial charge in [0.1, 0.15) is 18.1 Å². The molecule has 45 heavy (non-hydrogen) atoms. The van der Waals surface area contributed by atoms with Crippen molar-refractivity contribution < 1.29 is 9.47 Å². The van der Waals surface area contributed by atoms with E-state index in [1.807, 2.05) is 7.11 Å². The summed E-state index contributed by atoms with van der Waals surface area (Å²) >= 11 is 0. The number of anilines is 2. The normalized spacial score (nSPS) is 19.2. The van der Waals surface area contributed by atoms with Gasteiger partial charge in [-0.2, -0.15) is 0 Å². The van der Waals surface area contributed by atoms with E-state index in [1.54, 1.807) is 0 Å². The minimum absolute atomic E-state index is 0.288. The van der Waals surface area contributed by atoms with Gasteiger partial charge in [-0.05, 0) is 96.0 Å². The first-order valence-electron chi connectivity index (χ1n) is 16.6. The third-order valence-corrected chi connectivity index (χ3v) is 10.5. The van der Waals surface area contributed by atoms with Crippen molar-refractivity contribution >= 4 is 39.0 Å². The largest absolute Gasteiger partial charge is 0.496 e. The van der Waals surface area contributed by atoms with Crippen molar-refractivity contribution in [2.45, 2.75) is 43.9 Å². The lowest BCUT2D eigenvalue weighted by Gasteiger charge is -2.41. The van der Waals surface area contributed by atoms with Gasteiger partial charge >= 0.3 is 0 Å². The van der Waals surface area contributed by atoms with Crippen LogP contribution in [0.2, 0.25) is 0 Å². The molecule has 0 amide bonds. The first-order chi connectivity index (χ1) is 22.1. The first-order valence-corrected chi connectivity index (χ1v) is 16.6. The Labute approximate surface area is 266 Å². The van der Waals surface area contributed by atoms with Crippen LogP contribution in [0.5, 0.6) is 11.5 Å². The number of nitrogens with zero attached hydrogens (tertiary/aromatic N) is 2. The van der Waals surface area contributed by atoms with Gasteiger partial charge in [-0.1, -0.05) is 66.7 Å². The van der Waals surface area contributed by atoms with Crippen LogP contribution in [0.1, 0.15) is 53.5 Å². The molecule has 1 atom stereocenters. The van der Waals surface area contributed by atoms with Crippen LogP contribution in [0.25, 0.3) is 27.6 Å². The summed E-state index contributed by atoms with van der Waals surface area (Å²) in [6.45, 7) is 2.79. The molecule has 1 aliphatic carbocycles. The molecule has 5 aromatic carbocycles. The lowest BCUT2D eigenvalue weighted by molar-refractivity contribution is 0.217. The number of hydrogen-bond donors (Lipinski definition) is 0. The molecule has 2 heterocycles. The average molecular weight is 595 g/mol. The van der Waals surface area contributed by atoms with E-state index in [0.29, 0.717) is 6.61 Å². The molecule has 2 aliphatic heterocycles. The number of fused-ring (bicyclic) bond motifs is 8. The van der Waals surface area contributed by atoms with Gasteiger partial charge < -0.3 is 19.3 Å². The van der Waals surface area contributed by atoms with Crippen LogP contribution >= 0.6 is 0 Å². The molecular formula is C41H42N2O2. The van der Waals surface area contributed by atoms with E-state index >= 15 is 0 Å². The maximum Gasteiger partial charge on any atom is 0.130 e. The highest BCUT2D eigenvalue weighted by molar-refractivity contribution is 6.19. The van der Waals surface area contributed by atoms with E-state index in [2.05, 4.69) is 115 Å². The van der Waals surface area contributed by atoms with Crippen molar-refractivity contribution in [2.75, 3.05) is 50.7 Å². The smallest absolute Gasteiger partial charge is 0.130 e. The van der Waals surface area contributed by atoms with Gasteiger partial charge in [0.05, 0.1) is 12.5 Å². The number of allylic oxidation sites excluding steroid dienone is 1. The van der Waals surface area contributed by atoms with Crippen molar-refractivity contribution in [3.63, 3.8) is 0 Å². The Hall–Kier alpha value is -4.44. The van der Waals surface area contributed by atoms with E-state index in [9.17, 15) is 0 Å². The van der Waals surface area contributed by atoms with Gasteiger partial charge in [-0.3, -0.25) is 0 Å². The lowest BCUT2D eigenvalue weighted by atomic mass is 9.68. The molecule has 4 nitrogen and oxygen atoms in total. The Kier molecular flexibility index (Phi) is 6.97. The van der Waals surface area contributed by atoms with E-state index < -0.39 is 0 Å². The molecule has 8 rings (SSSR count). The quantitative estimate of drug-likeness (QED) is 0.190. The summed E-state index contributed by atoms with van der Waals surface area (Å²) in [4.78, 5) is 4.72. The predicted molar refractivity (Wildman–Crippen MR) is 189 cm³/mol. The highest BCUT2D eigenvalue weighted by Gasteiger charge is 2.42. The van der Waals surface area contributed by atoms with Crippen LogP contribution in [-0.4, -0.2) is 40.9 Å². The molecule has 1 unspecified atom stereocenters. The van der Waals surface area contributed by atoms with Gasteiger partial charge in [0, 0.05) is 54.7 Å². The van der Waals surface area contributed by atoms with E-state index in [-0.39, 0.29) is 5.41 Å². The highest BCUT2D eigenvalue weighted by atomic mass is 16.5. The summed E-state index contributed by atoms with van der Waals surface area (Å²) in [6, 6.07) is 29.2. The maximum absolute atomic E-state index is 7.10. The Morgan fingerprint density at radius 2 is 1.58 bits per heavy atom. The molecule has 1 fully saturated rings. The van der Waals surface area contributed by atoms with Crippen LogP contribution < -0.4 is 19.3 Å². The molecule has 0 N–H and O–H groups in total. The van der Waals surface area contributed by atoms with Crippen molar-refractivity contribution in [1.82, 2.24) is 0 Å².